The molecule has 8 aromatic carbocycles. The van der Waals surface area contributed by atoms with Crippen LogP contribution in [0.25, 0.3) is 72.9 Å². The number of aromatic nitrogens is 7. The average Bonchev–Trinajstić information content (AvgIpc) is 4.01. The van der Waals surface area contributed by atoms with Gasteiger partial charge in [-0.05, 0) is 81.4 Å². The molecule has 0 bridgehead atoms. The van der Waals surface area contributed by atoms with E-state index in [1.165, 1.54) is 20.7 Å². The van der Waals surface area contributed by atoms with Gasteiger partial charge in [-0.2, -0.15) is 25.5 Å². The minimum atomic E-state index is -2.93. The van der Waals surface area contributed by atoms with Crippen molar-refractivity contribution in [2.45, 2.75) is 0 Å². The topological polar surface area (TPSA) is 113 Å². The van der Waals surface area contributed by atoms with E-state index < -0.39 is 8.07 Å². The van der Waals surface area contributed by atoms with Gasteiger partial charge in [-0.25, -0.2) is 9.55 Å². The van der Waals surface area contributed by atoms with Crippen LogP contribution in [0.3, 0.4) is 0 Å². The summed E-state index contributed by atoms with van der Waals surface area (Å²) in [4.78, 5) is 21.3. The third-order valence-corrected chi connectivity index (χ3v) is 17.1. The SMILES string of the molecule is N#Cc1ccc2c(c1)c1cc(C#N)ccc1n2-c1nc(-c2cccc([Si](c3ccccc3)(c3ccccc3)c3ccccc3)c2)nc(-n2c3ccccc3n3c4ccccc4nc23)n1. The summed E-state index contributed by atoms with van der Waals surface area (Å²) in [5, 5.41) is 26.5. The molecule has 0 aliphatic carbocycles. The molecular weight excluding hydrogens is 803 g/mol. The van der Waals surface area contributed by atoms with Crippen LogP contribution in [0.15, 0.2) is 200 Å². The number of hydrogen-bond acceptors (Lipinski definition) is 6. The highest BCUT2D eigenvalue weighted by atomic mass is 28.3. The largest absolute Gasteiger partial charge is 0.278 e. The van der Waals surface area contributed by atoms with Gasteiger partial charge in [-0.1, -0.05) is 140 Å². The zero-order valence-electron chi connectivity index (χ0n) is 34.1. The van der Waals surface area contributed by atoms with Gasteiger partial charge in [0.25, 0.3) is 0 Å². The maximum Gasteiger partial charge on any atom is 0.242 e. The molecule has 4 aromatic heterocycles. The first-order chi connectivity index (χ1) is 31.6. The fraction of sp³-hybridized carbons (Fsp3) is 0. The van der Waals surface area contributed by atoms with E-state index in [0.717, 1.165) is 49.4 Å². The third kappa shape index (κ3) is 5.54. The van der Waals surface area contributed by atoms with Crippen molar-refractivity contribution < 1.29 is 0 Å². The van der Waals surface area contributed by atoms with E-state index >= 15 is 0 Å². The minimum absolute atomic E-state index is 0.379. The lowest BCUT2D eigenvalue weighted by Crippen LogP contribution is -2.74. The van der Waals surface area contributed by atoms with E-state index in [1.54, 1.807) is 12.1 Å². The normalized spacial score (nSPS) is 11.7. The Morgan fingerprint density at radius 3 is 1.47 bits per heavy atom. The Hall–Kier alpha value is -8.96. The van der Waals surface area contributed by atoms with Crippen LogP contribution >= 0.6 is 0 Å². The Bertz CT molecular complexity index is 3710. The van der Waals surface area contributed by atoms with Crippen LogP contribution in [-0.2, 0) is 0 Å². The average molecular weight is 836 g/mol. The highest BCUT2D eigenvalue weighted by Crippen LogP contribution is 2.34. The van der Waals surface area contributed by atoms with Crippen LogP contribution in [0.1, 0.15) is 11.1 Å². The van der Waals surface area contributed by atoms with E-state index in [9.17, 15) is 10.5 Å². The second kappa shape index (κ2) is 14.6. The summed E-state index contributed by atoms with van der Waals surface area (Å²) in [5.41, 5.74) is 7.10. The molecule has 0 atom stereocenters. The van der Waals surface area contributed by atoms with Crippen molar-refractivity contribution in [2.24, 2.45) is 0 Å². The van der Waals surface area contributed by atoms with Crippen molar-refractivity contribution >= 4 is 78.5 Å². The van der Waals surface area contributed by atoms with Gasteiger partial charge in [0.05, 0.1) is 56.4 Å². The Morgan fingerprint density at radius 1 is 0.391 bits per heavy atom. The van der Waals surface area contributed by atoms with Gasteiger partial charge in [0, 0.05) is 16.3 Å². The number of fused-ring (bicyclic) bond motifs is 8. The predicted molar refractivity (Wildman–Crippen MR) is 256 cm³/mol. The van der Waals surface area contributed by atoms with E-state index in [1.807, 2.05) is 63.7 Å². The molecule has 0 aliphatic heterocycles. The minimum Gasteiger partial charge on any atom is -0.278 e. The van der Waals surface area contributed by atoms with Gasteiger partial charge in [-0.3, -0.25) is 8.97 Å². The molecule has 0 spiro atoms. The summed E-state index contributed by atoms with van der Waals surface area (Å²) in [6, 6.07) is 73.3. The number of hydrogen-bond donors (Lipinski definition) is 0. The van der Waals surface area contributed by atoms with Gasteiger partial charge in [0.1, 0.15) is 0 Å². The molecule has 0 saturated heterocycles. The molecule has 0 unspecified atom stereocenters. The van der Waals surface area contributed by atoms with Crippen molar-refractivity contribution in [3.8, 4) is 35.4 Å². The maximum atomic E-state index is 9.97. The zero-order valence-corrected chi connectivity index (χ0v) is 35.1. The second-order valence-electron chi connectivity index (χ2n) is 15.8. The summed E-state index contributed by atoms with van der Waals surface area (Å²) >= 11 is 0. The number of para-hydroxylation sites is 4. The monoisotopic (exact) mass is 835 g/mol. The summed E-state index contributed by atoms with van der Waals surface area (Å²) in [6.07, 6.45) is 0. The number of imidazole rings is 2. The standard InChI is InChI=1S/C54H33N9Si/c55-34-36-27-29-46-43(31-36)44-32-37(35-56)28-30-47(44)61(46)52-58-51(59-53(60-52)63-50-26-13-12-25-49(50)62-48-24-11-10-23-45(48)57-54(62)63)38-15-14-22-42(33-38)64(39-16-4-1-5-17-39,40-18-6-2-7-19-40)41-20-8-3-9-21-41/h1-33H. The van der Waals surface area contributed by atoms with Crippen molar-refractivity contribution in [1.29, 1.82) is 10.5 Å². The third-order valence-electron chi connectivity index (χ3n) is 12.3. The zero-order chi connectivity index (χ0) is 42.8. The van der Waals surface area contributed by atoms with Crippen LogP contribution in [0.4, 0.5) is 0 Å². The molecule has 0 fully saturated rings. The molecule has 4 heterocycles. The van der Waals surface area contributed by atoms with Crippen LogP contribution in [0, 0.1) is 22.7 Å². The molecule has 10 heteroatoms. The van der Waals surface area contributed by atoms with Gasteiger partial charge in [0.15, 0.2) is 13.9 Å². The van der Waals surface area contributed by atoms with Crippen molar-refractivity contribution in [3.63, 3.8) is 0 Å². The summed E-state index contributed by atoms with van der Waals surface area (Å²) in [7, 11) is -2.93. The van der Waals surface area contributed by atoms with E-state index in [2.05, 4.69) is 150 Å². The van der Waals surface area contributed by atoms with Crippen LogP contribution < -0.4 is 20.7 Å². The molecule has 0 saturated carbocycles. The predicted octanol–water partition coefficient (Wildman–Crippen LogP) is 8.50. The molecule has 0 amide bonds. The fourth-order valence-corrected chi connectivity index (χ4v) is 14.4. The smallest absolute Gasteiger partial charge is 0.242 e. The van der Waals surface area contributed by atoms with E-state index in [-0.39, 0.29) is 0 Å². The summed E-state index contributed by atoms with van der Waals surface area (Å²) < 4.78 is 6.18. The fourth-order valence-electron chi connectivity index (χ4n) is 9.56. The Kier molecular flexibility index (Phi) is 8.41. The Labute approximate surface area is 367 Å². The molecule has 64 heavy (non-hydrogen) atoms. The molecule has 0 N–H and O–H groups in total. The number of benzene rings is 8. The molecule has 0 aliphatic rings. The van der Waals surface area contributed by atoms with Crippen LogP contribution in [-0.4, -0.2) is 41.5 Å². The lowest BCUT2D eigenvalue weighted by Gasteiger charge is -2.34. The lowest BCUT2D eigenvalue weighted by molar-refractivity contribution is 0.885. The first kappa shape index (κ1) is 36.9. The second-order valence-corrected chi connectivity index (χ2v) is 19.6. The molecule has 298 valence electrons. The molecule has 12 aromatic rings. The Balaban J connectivity index is 1.18. The molecule has 12 rings (SSSR count). The number of rotatable bonds is 7. The van der Waals surface area contributed by atoms with Crippen molar-refractivity contribution in [2.75, 3.05) is 0 Å². The van der Waals surface area contributed by atoms with Gasteiger partial charge in [-0.15, -0.1) is 0 Å². The lowest BCUT2D eigenvalue weighted by atomic mass is 10.1. The van der Waals surface area contributed by atoms with Crippen molar-refractivity contribution in [3.05, 3.63) is 211 Å². The molecule has 0 radical (unpaired) electrons. The summed E-state index contributed by atoms with van der Waals surface area (Å²) in [6.45, 7) is 0. The maximum absolute atomic E-state index is 9.97. The molecule has 9 nitrogen and oxygen atoms in total. The highest BCUT2D eigenvalue weighted by molar-refractivity contribution is 7.19. The Morgan fingerprint density at radius 2 is 0.891 bits per heavy atom. The van der Waals surface area contributed by atoms with Crippen LogP contribution in [0.5, 0.6) is 0 Å². The van der Waals surface area contributed by atoms with Gasteiger partial charge >= 0.3 is 0 Å². The first-order valence-corrected chi connectivity index (χ1v) is 22.9. The van der Waals surface area contributed by atoms with E-state index in [0.29, 0.717) is 34.6 Å². The van der Waals surface area contributed by atoms with Crippen LogP contribution in [0.2, 0.25) is 0 Å². The summed E-state index contributed by atoms with van der Waals surface area (Å²) in [5.74, 6) is 1.91. The van der Waals surface area contributed by atoms with E-state index in [4.69, 9.17) is 19.9 Å². The van der Waals surface area contributed by atoms with Gasteiger partial charge < -0.3 is 0 Å². The van der Waals surface area contributed by atoms with Gasteiger partial charge in [0.2, 0.25) is 17.7 Å². The first-order valence-electron chi connectivity index (χ1n) is 20.9. The number of nitriles is 2. The number of nitrogens with zero attached hydrogens (tertiary/aromatic N) is 9. The van der Waals surface area contributed by atoms with Crippen molar-refractivity contribution in [1.82, 2.24) is 33.5 Å². The molecular formula is C54H33N9Si. The quantitative estimate of drug-likeness (QED) is 0.118. The highest BCUT2D eigenvalue weighted by Gasteiger charge is 2.41.